The predicted molar refractivity (Wildman–Crippen MR) is 122 cm³/mol. The third-order valence-electron chi connectivity index (χ3n) is 5.84. The Kier molecular flexibility index (Phi) is 5.92. The molecule has 8 nitrogen and oxygen atoms in total. The Hall–Kier alpha value is -2.97. The largest absolute Gasteiger partial charge is 0.394 e. The van der Waals surface area contributed by atoms with Crippen LogP contribution in [0.3, 0.4) is 0 Å². The van der Waals surface area contributed by atoms with Gasteiger partial charge in [-0.2, -0.15) is 0 Å². The molecule has 2 heterocycles. The Balaban J connectivity index is 1.70. The lowest BCUT2D eigenvalue weighted by molar-refractivity contribution is 0.00592. The molecule has 2 fully saturated rings. The number of nitrogens with one attached hydrogen (secondary N) is 2. The number of aliphatic hydroxyl groups excluding tert-OH is 2. The average molecular weight is 439 g/mol. The molecule has 0 atom stereocenters. The first-order valence-corrected chi connectivity index (χ1v) is 10.9. The molecule has 2 amide bonds. The molecule has 1 saturated heterocycles. The van der Waals surface area contributed by atoms with Crippen LogP contribution in [0.1, 0.15) is 53.0 Å². The Morgan fingerprint density at radius 3 is 2.56 bits per heavy atom. The molecule has 2 aromatic rings. The van der Waals surface area contributed by atoms with E-state index in [1.807, 2.05) is 32.9 Å². The second kappa shape index (κ2) is 8.52. The number of likely N-dealkylation sites (tertiary alicyclic amines) is 1. The van der Waals surface area contributed by atoms with Gasteiger partial charge >= 0.3 is 0 Å². The molecule has 1 aromatic heterocycles. The number of carbonyl (C=O) groups excluding carboxylic acids is 2. The van der Waals surface area contributed by atoms with E-state index < -0.39 is 11.6 Å². The van der Waals surface area contributed by atoms with Crippen LogP contribution in [-0.4, -0.2) is 69.3 Å². The molecular weight excluding hydrogens is 408 g/mol. The van der Waals surface area contributed by atoms with Gasteiger partial charge in [-0.25, -0.2) is 4.98 Å². The minimum absolute atomic E-state index is 0.101. The summed E-state index contributed by atoms with van der Waals surface area (Å²) in [5.74, 6) is 0.0382. The molecule has 0 bridgehead atoms. The lowest BCUT2D eigenvalue weighted by Gasteiger charge is -2.36. The van der Waals surface area contributed by atoms with Crippen molar-refractivity contribution in [3.05, 3.63) is 47.2 Å². The first-order valence-electron chi connectivity index (χ1n) is 10.9. The Labute approximate surface area is 187 Å². The van der Waals surface area contributed by atoms with Gasteiger partial charge in [-0.05, 0) is 62.9 Å². The van der Waals surface area contributed by atoms with E-state index in [0.29, 0.717) is 16.9 Å². The number of hydrogen-bond acceptors (Lipinski definition) is 6. The molecule has 0 unspecified atom stereocenters. The van der Waals surface area contributed by atoms with Crippen molar-refractivity contribution < 1.29 is 19.8 Å². The maximum Gasteiger partial charge on any atom is 0.257 e. The summed E-state index contributed by atoms with van der Waals surface area (Å²) in [5, 5.41) is 25.4. The fraction of sp³-hybridized carbons (Fsp3) is 0.458. The fourth-order valence-corrected chi connectivity index (χ4v) is 3.60. The van der Waals surface area contributed by atoms with E-state index >= 15 is 0 Å². The third-order valence-corrected chi connectivity index (χ3v) is 5.84. The van der Waals surface area contributed by atoms with Gasteiger partial charge in [-0.1, -0.05) is 6.07 Å². The van der Waals surface area contributed by atoms with Crippen LogP contribution in [0.15, 0.2) is 30.5 Å². The predicted octanol–water partition coefficient (Wildman–Crippen LogP) is 1.95. The Morgan fingerprint density at radius 2 is 1.94 bits per heavy atom. The highest BCUT2D eigenvalue weighted by atomic mass is 16.3. The van der Waals surface area contributed by atoms with Crippen LogP contribution < -0.4 is 10.6 Å². The van der Waals surface area contributed by atoms with Crippen molar-refractivity contribution in [3.63, 3.8) is 0 Å². The number of aliphatic hydroxyl groups is 2. The van der Waals surface area contributed by atoms with Crippen molar-refractivity contribution >= 4 is 17.6 Å². The van der Waals surface area contributed by atoms with Gasteiger partial charge in [0.2, 0.25) is 0 Å². The maximum absolute atomic E-state index is 13.1. The number of anilines is 1. The molecule has 1 aromatic carbocycles. The quantitative estimate of drug-likeness (QED) is 0.525. The van der Waals surface area contributed by atoms with Crippen LogP contribution >= 0.6 is 0 Å². The minimum Gasteiger partial charge on any atom is -0.394 e. The fourth-order valence-electron chi connectivity index (χ4n) is 3.60. The molecule has 1 saturated carbocycles. The first-order chi connectivity index (χ1) is 15.2. The van der Waals surface area contributed by atoms with Crippen molar-refractivity contribution in [1.29, 1.82) is 0 Å². The highest BCUT2D eigenvalue weighted by molar-refractivity contribution is 6.01. The van der Waals surface area contributed by atoms with E-state index in [1.165, 1.54) is 0 Å². The second-order valence-electron chi connectivity index (χ2n) is 9.43. The molecule has 4 rings (SSSR count). The highest BCUT2D eigenvalue weighted by Gasteiger charge is 2.32. The number of rotatable bonds is 7. The molecule has 1 aliphatic carbocycles. The van der Waals surface area contributed by atoms with Crippen LogP contribution in [-0.2, 0) is 0 Å². The SMILES string of the molecule is Cc1ccc(C(=O)NC2CC2)cc1-c1cnc(NC(C)(C)CO)c(C(=O)N2CC(O)C2)c1. The normalized spacial score (nSPS) is 16.5. The highest BCUT2D eigenvalue weighted by Crippen LogP contribution is 2.30. The summed E-state index contributed by atoms with van der Waals surface area (Å²) >= 11 is 0. The van der Waals surface area contributed by atoms with Crippen molar-refractivity contribution in [2.75, 3.05) is 25.0 Å². The van der Waals surface area contributed by atoms with Crippen molar-refractivity contribution in [2.24, 2.45) is 0 Å². The van der Waals surface area contributed by atoms with Gasteiger partial charge in [0.1, 0.15) is 5.82 Å². The molecule has 1 aliphatic heterocycles. The number of hydrogen-bond donors (Lipinski definition) is 4. The monoisotopic (exact) mass is 438 g/mol. The zero-order chi connectivity index (χ0) is 23.0. The van der Waals surface area contributed by atoms with Gasteiger partial charge in [0.15, 0.2) is 0 Å². The Bertz CT molecular complexity index is 1040. The van der Waals surface area contributed by atoms with E-state index in [2.05, 4.69) is 15.6 Å². The minimum atomic E-state index is -0.672. The molecule has 32 heavy (non-hydrogen) atoms. The molecular formula is C24H30N4O4. The summed E-state index contributed by atoms with van der Waals surface area (Å²) in [6, 6.07) is 7.56. The summed E-state index contributed by atoms with van der Waals surface area (Å²) in [4.78, 5) is 31.8. The molecule has 170 valence electrons. The third kappa shape index (κ3) is 4.76. The van der Waals surface area contributed by atoms with Gasteiger partial charge in [0.05, 0.1) is 23.8 Å². The summed E-state index contributed by atoms with van der Waals surface area (Å²) in [7, 11) is 0. The number of carbonyl (C=O) groups is 2. The average Bonchev–Trinajstić information content (AvgIpc) is 3.55. The number of benzene rings is 1. The molecule has 0 radical (unpaired) electrons. The summed E-state index contributed by atoms with van der Waals surface area (Å²) in [6.07, 6.45) is 3.19. The van der Waals surface area contributed by atoms with E-state index in [9.17, 15) is 19.8 Å². The number of aryl methyl sites for hydroxylation is 1. The summed E-state index contributed by atoms with van der Waals surface area (Å²) in [5.41, 5.74) is 2.77. The van der Waals surface area contributed by atoms with Crippen LogP contribution in [0.2, 0.25) is 0 Å². The standard InChI is InChI=1S/C24H30N4O4/c1-14-4-5-15(22(31)26-17-6-7-17)8-19(14)16-9-20(23(32)28-11-18(30)12-28)21(25-10-16)27-24(2,3)13-29/h4-5,8-10,17-18,29-30H,6-7,11-13H2,1-3H3,(H,25,27)(H,26,31). The van der Waals surface area contributed by atoms with Gasteiger partial charge < -0.3 is 25.7 Å². The first kappa shape index (κ1) is 22.2. The van der Waals surface area contributed by atoms with Crippen molar-refractivity contribution in [3.8, 4) is 11.1 Å². The lowest BCUT2D eigenvalue weighted by atomic mass is 9.97. The molecule has 2 aliphatic rings. The Morgan fingerprint density at radius 1 is 1.22 bits per heavy atom. The van der Waals surface area contributed by atoms with Crippen LogP contribution in [0, 0.1) is 6.92 Å². The van der Waals surface area contributed by atoms with Gasteiger partial charge in [-0.3, -0.25) is 9.59 Å². The van der Waals surface area contributed by atoms with Crippen molar-refractivity contribution in [2.45, 2.75) is 51.3 Å². The number of pyridine rings is 1. The number of amides is 2. The van der Waals surface area contributed by atoms with E-state index in [0.717, 1.165) is 29.5 Å². The van der Waals surface area contributed by atoms with Gasteiger partial charge in [0, 0.05) is 36.5 Å². The lowest BCUT2D eigenvalue weighted by Crippen LogP contribution is -2.53. The second-order valence-corrected chi connectivity index (χ2v) is 9.43. The smallest absolute Gasteiger partial charge is 0.257 e. The van der Waals surface area contributed by atoms with E-state index in [1.54, 1.807) is 23.2 Å². The topological polar surface area (TPSA) is 115 Å². The van der Waals surface area contributed by atoms with E-state index in [-0.39, 0.29) is 37.6 Å². The maximum atomic E-state index is 13.1. The molecule has 4 N–H and O–H groups in total. The van der Waals surface area contributed by atoms with Gasteiger partial charge in [0.25, 0.3) is 11.8 Å². The zero-order valence-corrected chi connectivity index (χ0v) is 18.7. The van der Waals surface area contributed by atoms with Crippen molar-refractivity contribution in [1.82, 2.24) is 15.2 Å². The van der Waals surface area contributed by atoms with Crippen LogP contribution in [0.4, 0.5) is 5.82 Å². The zero-order valence-electron chi connectivity index (χ0n) is 18.7. The number of β-amino-alcohol motifs (C(OH)–C–C–N with tert-alkyl or cyclic N) is 1. The molecule has 8 heteroatoms. The summed E-state index contributed by atoms with van der Waals surface area (Å²) < 4.78 is 0. The van der Waals surface area contributed by atoms with E-state index in [4.69, 9.17) is 0 Å². The van der Waals surface area contributed by atoms with Crippen LogP contribution in [0.25, 0.3) is 11.1 Å². The summed E-state index contributed by atoms with van der Waals surface area (Å²) in [6.45, 7) is 6.01. The van der Waals surface area contributed by atoms with Crippen LogP contribution in [0.5, 0.6) is 0 Å². The van der Waals surface area contributed by atoms with Gasteiger partial charge in [-0.15, -0.1) is 0 Å². The number of nitrogens with zero attached hydrogens (tertiary/aromatic N) is 2. The molecule has 0 spiro atoms. The number of aromatic nitrogens is 1.